The van der Waals surface area contributed by atoms with Crippen molar-refractivity contribution in [2.45, 2.75) is 5.88 Å². The van der Waals surface area contributed by atoms with Crippen LogP contribution in [0.1, 0.15) is 5.01 Å². The molecule has 0 atom stereocenters. The fourth-order valence-corrected chi connectivity index (χ4v) is 2.52. The first-order chi connectivity index (χ1) is 7.19. The maximum Gasteiger partial charge on any atom is 0.147 e. The van der Waals surface area contributed by atoms with E-state index in [1.165, 1.54) is 11.3 Å². The monoisotopic (exact) mass is 278 g/mol. The lowest BCUT2D eigenvalue weighted by Crippen LogP contribution is -1.78. The number of alkyl halides is 1. The van der Waals surface area contributed by atoms with Crippen molar-refractivity contribution in [3.05, 3.63) is 33.3 Å². The van der Waals surface area contributed by atoms with Crippen molar-refractivity contribution in [1.29, 1.82) is 0 Å². The molecule has 2 rings (SSSR count). The molecule has 1 heterocycles. The highest BCUT2D eigenvalue weighted by molar-refractivity contribution is 7.14. The van der Waals surface area contributed by atoms with Crippen molar-refractivity contribution in [2.75, 3.05) is 0 Å². The average Bonchev–Trinajstić information content (AvgIpc) is 2.64. The Labute approximate surface area is 106 Å². The van der Waals surface area contributed by atoms with E-state index in [9.17, 15) is 0 Å². The second-order valence-corrected chi connectivity index (χ2v) is 4.99. The molecule has 0 saturated carbocycles. The van der Waals surface area contributed by atoms with Gasteiger partial charge in [-0.2, -0.15) is 0 Å². The molecule has 1 aromatic carbocycles. The third-order valence-electron chi connectivity index (χ3n) is 1.69. The maximum absolute atomic E-state index is 5.89. The van der Waals surface area contributed by atoms with E-state index in [4.69, 9.17) is 34.8 Å². The maximum atomic E-state index is 5.89. The van der Waals surface area contributed by atoms with Gasteiger partial charge >= 0.3 is 0 Å². The summed E-state index contributed by atoms with van der Waals surface area (Å²) in [7, 11) is 0. The topological polar surface area (TPSA) is 25.8 Å². The summed E-state index contributed by atoms with van der Waals surface area (Å²) in [4.78, 5) is 0. The zero-order chi connectivity index (χ0) is 10.8. The standard InChI is InChI=1S/C9H5Cl3N2S/c10-4-8-13-14-9(15-8)5-1-6(11)3-7(12)2-5/h1-3H,4H2. The molecule has 0 aliphatic carbocycles. The predicted molar refractivity (Wildman–Crippen MR) is 64.9 cm³/mol. The van der Waals surface area contributed by atoms with E-state index in [1.807, 2.05) is 0 Å². The molecule has 0 radical (unpaired) electrons. The lowest BCUT2D eigenvalue weighted by atomic mass is 10.2. The molecule has 0 amide bonds. The molecule has 0 fully saturated rings. The molecule has 0 unspecified atom stereocenters. The van der Waals surface area contributed by atoms with Crippen molar-refractivity contribution in [3.63, 3.8) is 0 Å². The molecule has 0 aliphatic rings. The van der Waals surface area contributed by atoms with Gasteiger partial charge in [0, 0.05) is 15.6 Å². The number of hydrogen-bond acceptors (Lipinski definition) is 3. The highest BCUT2D eigenvalue weighted by atomic mass is 35.5. The van der Waals surface area contributed by atoms with Crippen LogP contribution in [0.15, 0.2) is 18.2 Å². The van der Waals surface area contributed by atoms with Crippen LogP contribution in [0.4, 0.5) is 0 Å². The van der Waals surface area contributed by atoms with Crippen LogP contribution in [0.25, 0.3) is 10.6 Å². The van der Waals surface area contributed by atoms with Crippen LogP contribution in [-0.2, 0) is 5.88 Å². The van der Waals surface area contributed by atoms with Crippen LogP contribution in [-0.4, -0.2) is 10.2 Å². The summed E-state index contributed by atoms with van der Waals surface area (Å²) in [5.74, 6) is 0.367. The molecular formula is C9H5Cl3N2S. The summed E-state index contributed by atoms with van der Waals surface area (Å²) in [6.07, 6.45) is 0. The number of benzene rings is 1. The van der Waals surface area contributed by atoms with Gasteiger partial charge in [-0.05, 0) is 18.2 Å². The van der Waals surface area contributed by atoms with Gasteiger partial charge in [0.1, 0.15) is 10.0 Å². The molecule has 6 heteroatoms. The Morgan fingerprint density at radius 1 is 1.07 bits per heavy atom. The van der Waals surface area contributed by atoms with Gasteiger partial charge in [-0.1, -0.05) is 34.5 Å². The number of halogens is 3. The zero-order valence-electron chi connectivity index (χ0n) is 7.38. The average molecular weight is 280 g/mol. The lowest BCUT2D eigenvalue weighted by molar-refractivity contribution is 1.04. The number of rotatable bonds is 2. The largest absolute Gasteiger partial charge is 0.147 e. The van der Waals surface area contributed by atoms with Crippen LogP contribution in [0, 0.1) is 0 Å². The fraction of sp³-hybridized carbons (Fsp3) is 0.111. The molecule has 0 bridgehead atoms. The van der Waals surface area contributed by atoms with Crippen LogP contribution in [0.2, 0.25) is 10.0 Å². The quantitative estimate of drug-likeness (QED) is 0.768. The minimum absolute atomic E-state index is 0.367. The molecule has 0 spiro atoms. The van der Waals surface area contributed by atoms with Crippen molar-refractivity contribution in [1.82, 2.24) is 10.2 Å². The van der Waals surface area contributed by atoms with E-state index in [0.29, 0.717) is 15.9 Å². The van der Waals surface area contributed by atoms with Gasteiger partial charge in [0.15, 0.2) is 0 Å². The molecular weight excluding hydrogens is 275 g/mol. The van der Waals surface area contributed by atoms with E-state index in [0.717, 1.165) is 15.6 Å². The first kappa shape index (κ1) is 11.1. The Morgan fingerprint density at radius 3 is 2.27 bits per heavy atom. The minimum atomic E-state index is 0.367. The molecule has 2 nitrogen and oxygen atoms in total. The van der Waals surface area contributed by atoms with Crippen LogP contribution in [0.3, 0.4) is 0 Å². The number of hydrogen-bond donors (Lipinski definition) is 0. The van der Waals surface area contributed by atoms with Crippen LogP contribution in [0.5, 0.6) is 0 Å². The Balaban J connectivity index is 2.44. The van der Waals surface area contributed by atoms with Gasteiger partial charge in [0.05, 0.1) is 5.88 Å². The van der Waals surface area contributed by atoms with Crippen LogP contribution >= 0.6 is 46.1 Å². The van der Waals surface area contributed by atoms with Crippen molar-refractivity contribution in [2.24, 2.45) is 0 Å². The Kier molecular flexibility index (Phi) is 3.46. The molecule has 1 aromatic heterocycles. The van der Waals surface area contributed by atoms with Crippen molar-refractivity contribution >= 4 is 46.1 Å². The highest BCUT2D eigenvalue weighted by Crippen LogP contribution is 2.29. The lowest BCUT2D eigenvalue weighted by Gasteiger charge is -1.97. The number of nitrogens with zero attached hydrogens (tertiary/aromatic N) is 2. The molecule has 15 heavy (non-hydrogen) atoms. The summed E-state index contributed by atoms with van der Waals surface area (Å²) < 4.78 is 0. The molecule has 2 aromatic rings. The summed E-state index contributed by atoms with van der Waals surface area (Å²) in [5, 5.41) is 10.6. The van der Waals surface area contributed by atoms with E-state index in [-0.39, 0.29) is 0 Å². The van der Waals surface area contributed by atoms with Gasteiger partial charge in [0.25, 0.3) is 0 Å². The summed E-state index contributed by atoms with van der Waals surface area (Å²) in [5.41, 5.74) is 0.862. The van der Waals surface area contributed by atoms with Crippen molar-refractivity contribution < 1.29 is 0 Å². The van der Waals surface area contributed by atoms with Crippen molar-refractivity contribution in [3.8, 4) is 10.6 Å². The Morgan fingerprint density at radius 2 is 1.73 bits per heavy atom. The van der Waals surface area contributed by atoms with E-state index in [2.05, 4.69) is 10.2 Å². The molecule has 0 N–H and O–H groups in total. The first-order valence-corrected chi connectivity index (χ1v) is 6.14. The second kappa shape index (κ2) is 4.66. The SMILES string of the molecule is ClCc1nnc(-c2cc(Cl)cc(Cl)c2)s1. The zero-order valence-corrected chi connectivity index (χ0v) is 10.5. The summed E-state index contributed by atoms with van der Waals surface area (Å²) in [6.45, 7) is 0. The van der Waals surface area contributed by atoms with E-state index < -0.39 is 0 Å². The summed E-state index contributed by atoms with van der Waals surface area (Å²) >= 11 is 18.9. The number of aromatic nitrogens is 2. The predicted octanol–water partition coefficient (Wildman–Crippen LogP) is 4.25. The molecule has 0 aliphatic heterocycles. The van der Waals surface area contributed by atoms with Gasteiger partial charge in [-0.3, -0.25) is 0 Å². The second-order valence-electron chi connectivity index (χ2n) is 2.79. The summed E-state index contributed by atoms with van der Waals surface area (Å²) in [6, 6.07) is 5.27. The molecule has 0 saturated heterocycles. The first-order valence-electron chi connectivity index (χ1n) is 4.04. The Bertz CT molecular complexity index is 464. The van der Waals surface area contributed by atoms with E-state index in [1.54, 1.807) is 18.2 Å². The van der Waals surface area contributed by atoms with Gasteiger partial charge in [-0.25, -0.2) is 0 Å². The van der Waals surface area contributed by atoms with Crippen LogP contribution < -0.4 is 0 Å². The molecule has 78 valence electrons. The minimum Gasteiger partial charge on any atom is -0.142 e. The van der Waals surface area contributed by atoms with Gasteiger partial charge in [-0.15, -0.1) is 21.8 Å². The third kappa shape index (κ3) is 2.61. The van der Waals surface area contributed by atoms with E-state index >= 15 is 0 Å². The Hall–Kier alpha value is -0.350. The smallest absolute Gasteiger partial charge is 0.142 e. The fourth-order valence-electron chi connectivity index (χ4n) is 1.10. The normalized spacial score (nSPS) is 10.6. The highest BCUT2D eigenvalue weighted by Gasteiger charge is 2.07. The van der Waals surface area contributed by atoms with Gasteiger partial charge < -0.3 is 0 Å². The van der Waals surface area contributed by atoms with Gasteiger partial charge in [0.2, 0.25) is 0 Å². The third-order valence-corrected chi connectivity index (χ3v) is 3.51.